The van der Waals surface area contributed by atoms with Crippen molar-refractivity contribution in [3.05, 3.63) is 21.9 Å². The molecule has 1 aromatic rings. The van der Waals surface area contributed by atoms with Gasteiger partial charge >= 0.3 is 6.09 Å². The molecule has 0 saturated carbocycles. The van der Waals surface area contributed by atoms with E-state index in [4.69, 9.17) is 9.47 Å². The molecule has 1 aromatic heterocycles. The molecule has 3 rings (SSSR count). The summed E-state index contributed by atoms with van der Waals surface area (Å²) in [6.45, 7) is 9.28. The van der Waals surface area contributed by atoms with Crippen molar-refractivity contribution in [1.82, 2.24) is 4.90 Å². The number of ether oxygens (including phenoxy) is 2. The molecule has 1 amide bonds. The average molecular weight is 323 g/mol. The summed E-state index contributed by atoms with van der Waals surface area (Å²) in [7, 11) is 0. The first kappa shape index (κ1) is 15.8. The zero-order chi connectivity index (χ0) is 16.0. The Morgan fingerprint density at radius 2 is 2.27 bits per heavy atom. The van der Waals surface area contributed by atoms with Crippen LogP contribution in [0.25, 0.3) is 0 Å². The monoisotopic (exact) mass is 323 g/mol. The number of carbonyl (C=O) groups excluding carboxylic acids is 1. The highest BCUT2D eigenvalue weighted by Crippen LogP contribution is 2.45. The Hall–Kier alpha value is -1.07. The fraction of sp³-hybridized carbons (Fsp3) is 0.706. The predicted molar refractivity (Wildman–Crippen MR) is 87.3 cm³/mol. The summed E-state index contributed by atoms with van der Waals surface area (Å²) >= 11 is 1.82. The van der Waals surface area contributed by atoms with Crippen molar-refractivity contribution >= 4 is 17.4 Å². The molecule has 0 unspecified atom stereocenters. The number of carbonyl (C=O) groups is 1. The van der Waals surface area contributed by atoms with Gasteiger partial charge in [-0.1, -0.05) is 0 Å². The maximum absolute atomic E-state index is 12.4. The lowest BCUT2D eigenvalue weighted by Gasteiger charge is -2.47. The second kappa shape index (κ2) is 5.53. The largest absolute Gasteiger partial charge is 0.444 e. The van der Waals surface area contributed by atoms with Gasteiger partial charge in [0, 0.05) is 30.3 Å². The molecule has 2 aliphatic heterocycles. The van der Waals surface area contributed by atoms with E-state index in [-0.39, 0.29) is 17.7 Å². The van der Waals surface area contributed by atoms with E-state index in [1.807, 2.05) is 37.0 Å². The number of likely N-dealkylation sites (tertiary alicyclic amines) is 1. The molecule has 4 nitrogen and oxygen atoms in total. The van der Waals surface area contributed by atoms with E-state index in [0.29, 0.717) is 6.54 Å². The molecule has 0 N–H and O–H groups in total. The molecular formula is C17H25NO3S. The molecule has 2 atom stereocenters. The molecule has 1 saturated heterocycles. The van der Waals surface area contributed by atoms with E-state index in [1.54, 1.807) is 0 Å². The van der Waals surface area contributed by atoms with Crippen LogP contribution in [0.2, 0.25) is 0 Å². The van der Waals surface area contributed by atoms with Gasteiger partial charge < -0.3 is 14.4 Å². The Labute approximate surface area is 136 Å². The molecule has 122 valence electrons. The maximum Gasteiger partial charge on any atom is 0.410 e. The molecule has 1 fully saturated rings. The Morgan fingerprint density at radius 1 is 1.50 bits per heavy atom. The van der Waals surface area contributed by atoms with E-state index in [9.17, 15) is 4.79 Å². The van der Waals surface area contributed by atoms with Crippen LogP contribution in [0.15, 0.2) is 11.4 Å². The first-order valence-electron chi connectivity index (χ1n) is 8.01. The predicted octanol–water partition coefficient (Wildman–Crippen LogP) is 3.94. The minimum absolute atomic E-state index is 0.120. The third-order valence-corrected chi connectivity index (χ3v) is 5.47. The summed E-state index contributed by atoms with van der Waals surface area (Å²) in [5, 5.41) is 2.16. The lowest BCUT2D eigenvalue weighted by molar-refractivity contribution is -0.110. The molecule has 0 aliphatic carbocycles. The number of nitrogens with zero attached hydrogens (tertiary/aromatic N) is 1. The zero-order valence-corrected chi connectivity index (χ0v) is 14.7. The van der Waals surface area contributed by atoms with E-state index in [0.717, 1.165) is 25.9 Å². The Bertz CT molecular complexity index is 562. The van der Waals surface area contributed by atoms with Gasteiger partial charge in [-0.25, -0.2) is 4.79 Å². The van der Waals surface area contributed by atoms with Gasteiger partial charge in [0.15, 0.2) is 0 Å². The van der Waals surface area contributed by atoms with Gasteiger partial charge in [-0.3, -0.25) is 0 Å². The number of rotatable bonds is 0. The highest BCUT2D eigenvalue weighted by atomic mass is 32.1. The number of piperidine rings is 1. The van der Waals surface area contributed by atoms with Crippen LogP contribution < -0.4 is 0 Å². The molecule has 5 heteroatoms. The second-order valence-corrected chi connectivity index (χ2v) is 8.33. The van der Waals surface area contributed by atoms with Crippen LogP contribution in [-0.4, -0.2) is 35.8 Å². The summed E-state index contributed by atoms with van der Waals surface area (Å²) in [6.07, 6.45) is 2.49. The van der Waals surface area contributed by atoms with Gasteiger partial charge in [-0.05, 0) is 51.1 Å². The third kappa shape index (κ3) is 2.88. The van der Waals surface area contributed by atoms with E-state index >= 15 is 0 Å². The minimum Gasteiger partial charge on any atom is -0.444 e. The molecule has 22 heavy (non-hydrogen) atoms. The molecule has 3 heterocycles. The lowest BCUT2D eigenvalue weighted by Crippen LogP contribution is -2.53. The number of fused-ring (bicyclic) bond motifs is 2. The van der Waals surface area contributed by atoms with Crippen LogP contribution >= 0.6 is 11.3 Å². The summed E-state index contributed by atoms with van der Waals surface area (Å²) in [4.78, 5) is 15.7. The van der Waals surface area contributed by atoms with E-state index in [1.165, 1.54) is 10.4 Å². The summed E-state index contributed by atoms with van der Waals surface area (Å²) < 4.78 is 11.7. The number of hydrogen-bond donors (Lipinski definition) is 0. The van der Waals surface area contributed by atoms with Crippen molar-refractivity contribution in [3.8, 4) is 0 Å². The van der Waals surface area contributed by atoms with Crippen LogP contribution in [-0.2, 0) is 21.5 Å². The van der Waals surface area contributed by atoms with Crippen LogP contribution in [0.3, 0.4) is 0 Å². The maximum atomic E-state index is 12.4. The third-order valence-electron chi connectivity index (χ3n) is 4.49. The molecule has 0 aromatic carbocycles. The summed E-state index contributed by atoms with van der Waals surface area (Å²) in [6, 6.07) is 2.32. The van der Waals surface area contributed by atoms with Crippen LogP contribution in [0.5, 0.6) is 0 Å². The lowest BCUT2D eigenvalue weighted by atomic mass is 9.79. The number of hydrogen-bond acceptors (Lipinski definition) is 4. The summed E-state index contributed by atoms with van der Waals surface area (Å²) in [5.41, 5.74) is 0.693. The standard InChI is InChI=1S/C17H25NO3S/c1-12-11-17(13-6-10-22-14(13)5-9-20-17)7-8-18(12)15(19)21-16(2,3)4/h6,10,12H,5,7-9,11H2,1-4H3/t12-,17+/m0/s1. The van der Waals surface area contributed by atoms with Gasteiger partial charge in [-0.2, -0.15) is 0 Å². The second-order valence-electron chi connectivity index (χ2n) is 7.33. The SMILES string of the molecule is C[C@H]1C[C@@]2(CCN1C(=O)OC(C)(C)C)OCCc1sccc12. The van der Waals surface area contributed by atoms with Crippen molar-refractivity contribution in [3.63, 3.8) is 0 Å². The topological polar surface area (TPSA) is 38.8 Å². The van der Waals surface area contributed by atoms with Crippen molar-refractivity contribution in [2.24, 2.45) is 0 Å². The Kier molecular flexibility index (Phi) is 3.98. The number of amides is 1. The first-order chi connectivity index (χ1) is 10.3. The van der Waals surface area contributed by atoms with E-state index < -0.39 is 5.60 Å². The van der Waals surface area contributed by atoms with Crippen molar-refractivity contribution in [1.29, 1.82) is 0 Å². The highest BCUT2D eigenvalue weighted by molar-refractivity contribution is 7.10. The molecule has 0 bridgehead atoms. The fourth-order valence-electron chi connectivity index (χ4n) is 3.54. The van der Waals surface area contributed by atoms with Gasteiger partial charge in [0.05, 0.1) is 12.2 Å². The van der Waals surface area contributed by atoms with E-state index in [2.05, 4.69) is 18.4 Å². The zero-order valence-electron chi connectivity index (χ0n) is 13.8. The average Bonchev–Trinajstić information content (AvgIpc) is 2.86. The number of thiophene rings is 1. The Morgan fingerprint density at radius 3 is 2.95 bits per heavy atom. The van der Waals surface area contributed by atoms with Gasteiger partial charge in [0.25, 0.3) is 0 Å². The van der Waals surface area contributed by atoms with Crippen LogP contribution in [0.4, 0.5) is 4.79 Å². The van der Waals surface area contributed by atoms with Crippen molar-refractivity contribution < 1.29 is 14.3 Å². The van der Waals surface area contributed by atoms with Crippen molar-refractivity contribution in [2.75, 3.05) is 13.2 Å². The van der Waals surface area contributed by atoms with Gasteiger partial charge in [-0.15, -0.1) is 11.3 Å². The normalized spacial score (nSPS) is 28.5. The molecular weight excluding hydrogens is 298 g/mol. The van der Waals surface area contributed by atoms with Gasteiger partial charge in [0.1, 0.15) is 5.60 Å². The quantitative estimate of drug-likeness (QED) is 0.726. The minimum atomic E-state index is -0.451. The van der Waals surface area contributed by atoms with Crippen molar-refractivity contribution in [2.45, 2.75) is 64.2 Å². The van der Waals surface area contributed by atoms with Crippen LogP contribution in [0.1, 0.15) is 51.0 Å². The highest BCUT2D eigenvalue weighted by Gasteiger charge is 2.45. The molecule has 0 radical (unpaired) electrons. The summed E-state index contributed by atoms with van der Waals surface area (Å²) in [5.74, 6) is 0. The first-order valence-corrected chi connectivity index (χ1v) is 8.89. The smallest absolute Gasteiger partial charge is 0.410 e. The molecule has 2 aliphatic rings. The molecule has 1 spiro atoms. The van der Waals surface area contributed by atoms with Crippen LogP contribution in [0, 0.1) is 0 Å². The fourth-order valence-corrected chi connectivity index (χ4v) is 4.49. The Balaban J connectivity index is 1.75. The van der Waals surface area contributed by atoms with Gasteiger partial charge in [0.2, 0.25) is 0 Å².